The zero-order chi connectivity index (χ0) is 20.0. The lowest BCUT2D eigenvalue weighted by molar-refractivity contribution is 0.0849. The van der Waals surface area contributed by atoms with Crippen molar-refractivity contribution >= 4 is 28.3 Å². The molecule has 2 aromatic carbocycles. The normalized spacial score (nSPS) is 23.0. The topological polar surface area (TPSA) is 43.4 Å². The number of fused-ring (bicyclic) bond motifs is 2. The highest BCUT2D eigenvalue weighted by Gasteiger charge is 2.40. The van der Waals surface area contributed by atoms with Crippen molar-refractivity contribution in [3.8, 4) is 23.0 Å². The Labute approximate surface area is 179 Å². The lowest BCUT2D eigenvalue weighted by atomic mass is 10.1. The fraction of sp³-hybridized carbons (Fsp3) is 0.381. The second kappa shape index (κ2) is 7.59. The van der Waals surface area contributed by atoms with Crippen molar-refractivity contribution in [3.05, 3.63) is 47.5 Å². The Hall–Kier alpha value is -2.16. The SMILES string of the molecule is CCN1C(=S)SC(c2ccc3c(c2)OCO3)N(CC)C1c1ccc2c(c1)OCO2. The number of thiocarbonyl (C=S) groups is 1. The van der Waals surface area contributed by atoms with Crippen LogP contribution in [-0.2, 0) is 0 Å². The molecule has 3 heterocycles. The Morgan fingerprint density at radius 2 is 1.45 bits per heavy atom. The average molecular weight is 431 g/mol. The highest BCUT2D eigenvalue weighted by molar-refractivity contribution is 8.23. The van der Waals surface area contributed by atoms with E-state index in [2.05, 4.69) is 47.9 Å². The summed E-state index contributed by atoms with van der Waals surface area (Å²) in [5.41, 5.74) is 2.30. The first-order chi connectivity index (χ1) is 14.2. The van der Waals surface area contributed by atoms with Gasteiger partial charge in [-0.15, -0.1) is 0 Å². The Morgan fingerprint density at radius 1 is 0.862 bits per heavy atom. The molecule has 0 saturated carbocycles. The van der Waals surface area contributed by atoms with Crippen molar-refractivity contribution < 1.29 is 18.9 Å². The first-order valence-electron chi connectivity index (χ1n) is 9.71. The molecule has 0 bridgehead atoms. The van der Waals surface area contributed by atoms with Crippen LogP contribution in [0.3, 0.4) is 0 Å². The van der Waals surface area contributed by atoms with Crippen molar-refractivity contribution in [1.82, 2.24) is 9.80 Å². The maximum Gasteiger partial charge on any atom is 0.231 e. The van der Waals surface area contributed by atoms with Crippen LogP contribution < -0.4 is 18.9 Å². The van der Waals surface area contributed by atoms with E-state index < -0.39 is 0 Å². The van der Waals surface area contributed by atoms with E-state index in [0.29, 0.717) is 0 Å². The number of benzene rings is 2. The van der Waals surface area contributed by atoms with Gasteiger partial charge in [0.1, 0.15) is 10.5 Å². The molecule has 0 spiro atoms. The summed E-state index contributed by atoms with van der Waals surface area (Å²) in [7, 11) is 0. The summed E-state index contributed by atoms with van der Waals surface area (Å²) in [5, 5.41) is 0.0835. The van der Waals surface area contributed by atoms with Gasteiger partial charge in [-0.05, 0) is 48.9 Å². The summed E-state index contributed by atoms with van der Waals surface area (Å²) in [5.74, 6) is 3.17. The predicted octanol–water partition coefficient (Wildman–Crippen LogP) is 4.52. The molecule has 2 atom stereocenters. The van der Waals surface area contributed by atoms with Gasteiger partial charge in [-0.2, -0.15) is 0 Å². The van der Waals surface area contributed by atoms with Crippen LogP contribution in [0.25, 0.3) is 0 Å². The molecule has 2 aromatic rings. The predicted molar refractivity (Wildman–Crippen MR) is 116 cm³/mol. The highest BCUT2D eigenvalue weighted by atomic mass is 32.2. The minimum Gasteiger partial charge on any atom is -0.454 e. The van der Waals surface area contributed by atoms with Gasteiger partial charge in [0.25, 0.3) is 0 Å². The molecule has 2 unspecified atom stereocenters. The van der Waals surface area contributed by atoms with Crippen LogP contribution in [0, 0.1) is 0 Å². The monoisotopic (exact) mass is 430 g/mol. The van der Waals surface area contributed by atoms with Gasteiger partial charge in [0.15, 0.2) is 23.0 Å². The molecule has 152 valence electrons. The third-order valence-electron chi connectivity index (χ3n) is 5.44. The first-order valence-corrected chi connectivity index (χ1v) is 11.0. The van der Waals surface area contributed by atoms with Gasteiger partial charge in [0, 0.05) is 6.54 Å². The molecule has 0 N–H and O–H groups in total. The molecule has 5 rings (SSSR count). The summed E-state index contributed by atoms with van der Waals surface area (Å²) in [6, 6.07) is 12.3. The van der Waals surface area contributed by atoms with Crippen molar-refractivity contribution in [2.75, 3.05) is 26.7 Å². The Morgan fingerprint density at radius 3 is 2.07 bits per heavy atom. The largest absolute Gasteiger partial charge is 0.454 e. The quantitative estimate of drug-likeness (QED) is 0.656. The summed E-state index contributed by atoms with van der Waals surface area (Å²) >= 11 is 7.54. The summed E-state index contributed by atoms with van der Waals surface area (Å²) in [6.07, 6.45) is 0.0173. The number of nitrogens with zero attached hydrogens (tertiary/aromatic N) is 2. The molecule has 1 fully saturated rings. The van der Waals surface area contributed by atoms with E-state index in [4.69, 9.17) is 31.2 Å². The van der Waals surface area contributed by atoms with Crippen molar-refractivity contribution in [3.63, 3.8) is 0 Å². The zero-order valence-electron chi connectivity index (χ0n) is 16.3. The Kier molecular flexibility index (Phi) is 4.93. The third-order valence-corrected chi connectivity index (χ3v) is 7.17. The minimum absolute atomic E-state index is 0.0173. The van der Waals surface area contributed by atoms with Gasteiger partial charge < -0.3 is 23.8 Å². The molecule has 8 heteroatoms. The molecule has 0 aliphatic carbocycles. The van der Waals surface area contributed by atoms with E-state index in [1.54, 1.807) is 11.8 Å². The second-order valence-electron chi connectivity index (χ2n) is 6.95. The van der Waals surface area contributed by atoms with E-state index in [-0.39, 0.29) is 25.1 Å². The minimum atomic E-state index is 0.0173. The van der Waals surface area contributed by atoms with E-state index in [9.17, 15) is 0 Å². The summed E-state index contributed by atoms with van der Waals surface area (Å²) < 4.78 is 23.1. The van der Waals surface area contributed by atoms with Crippen LogP contribution in [0.1, 0.15) is 36.5 Å². The van der Waals surface area contributed by atoms with Gasteiger partial charge in [-0.1, -0.05) is 43.0 Å². The maximum atomic E-state index is 5.83. The van der Waals surface area contributed by atoms with Crippen LogP contribution in [0.2, 0.25) is 0 Å². The van der Waals surface area contributed by atoms with Gasteiger partial charge in [-0.25, -0.2) is 0 Å². The van der Waals surface area contributed by atoms with E-state index >= 15 is 0 Å². The molecule has 29 heavy (non-hydrogen) atoms. The van der Waals surface area contributed by atoms with Gasteiger partial charge >= 0.3 is 0 Å². The van der Waals surface area contributed by atoms with E-state index in [0.717, 1.165) is 51.5 Å². The van der Waals surface area contributed by atoms with E-state index in [1.807, 2.05) is 12.1 Å². The summed E-state index contributed by atoms with van der Waals surface area (Å²) in [6.45, 7) is 6.56. The lowest BCUT2D eigenvalue weighted by Gasteiger charge is -2.48. The van der Waals surface area contributed by atoms with Crippen molar-refractivity contribution in [1.29, 1.82) is 0 Å². The fourth-order valence-electron chi connectivity index (χ4n) is 4.05. The standard InChI is InChI=1S/C21H22N2O4S2/c1-3-22-19(13-5-7-15-17(9-13)26-11-24-15)23(4-2)21(28)29-20(22)14-6-8-16-18(10-14)27-12-25-16/h5-10,19-20H,3-4,11-12H2,1-2H3. The zero-order valence-corrected chi connectivity index (χ0v) is 17.9. The Balaban J connectivity index is 1.55. The maximum absolute atomic E-state index is 5.83. The third kappa shape index (κ3) is 3.19. The van der Waals surface area contributed by atoms with Crippen LogP contribution in [0.5, 0.6) is 23.0 Å². The van der Waals surface area contributed by atoms with E-state index in [1.165, 1.54) is 0 Å². The molecular formula is C21H22N2O4S2. The van der Waals surface area contributed by atoms with Gasteiger partial charge in [0.05, 0.1) is 5.37 Å². The Bertz CT molecular complexity index is 954. The van der Waals surface area contributed by atoms with Crippen LogP contribution in [-0.4, -0.2) is 40.8 Å². The van der Waals surface area contributed by atoms with Crippen LogP contribution in [0.4, 0.5) is 0 Å². The van der Waals surface area contributed by atoms with Crippen molar-refractivity contribution in [2.45, 2.75) is 25.4 Å². The smallest absolute Gasteiger partial charge is 0.231 e. The molecular weight excluding hydrogens is 408 g/mol. The first kappa shape index (κ1) is 18.8. The second-order valence-corrected chi connectivity index (χ2v) is 8.67. The highest BCUT2D eigenvalue weighted by Crippen LogP contribution is 2.49. The van der Waals surface area contributed by atoms with Gasteiger partial charge in [-0.3, -0.25) is 4.90 Å². The molecule has 0 aromatic heterocycles. The van der Waals surface area contributed by atoms with Crippen LogP contribution in [0.15, 0.2) is 36.4 Å². The molecule has 0 radical (unpaired) electrons. The fourth-order valence-corrected chi connectivity index (χ4v) is 5.79. The van der Waals surface area contributed by atoms with Crippen molar-refractivity contribution in [2.24, 2.45) is 0 Å². The lowest BCUT2D eigenvalue weighted by Crippen LogP contribution is -2.48. The molecule has 3 aliphatic heterocycles. The number of hydrogen-bond acceptors (Lipinski definition) is 7. The molecule has 0 amide bonds. The number of ether oxygens (including phenoxy) is 4. The molecule has 6 nitrogen and oxygen atoms in total. The molecule has 3 aliphatic rings. The van der Waals surface area contributed by atoms with Crippen LogP contribution >= 0.6 is 24.0 Å². The molecule has 1 saturated heterocycles. The number of rotatable bonds is 4. The number of hydrogen-bond donors (Lipinski definition) is 0. The number of thioether (sulfide) groups is 1. The summed E-state index contributed by atoms with van der Waals surface area (Å²) in [4.78, 5) is 4.73. The average Bonchev–Trinajstić information content (AvgIpc) is 3.40. The van der Waals surface area contributed by atoms with Gasteiger partial charge in [0.2, 0.25) is 13.6 Å².